The third-order valence-corrected chi connectivity index (χ3v) is 5.18. The molecule has 1 saturated heterocycles. The zero-order valence-electron chi connectivity index (χ0n) is 14.4. The molecule has 5 heteroatoms. The molecule has 1 aliphatic rings. The summed E-state index contributed by atoms with van der Waals surface area (Å²) in [5, 5.41) is 1.78. The Hall–Kier alpha value is -2.17. The Morgan fingerprint density at radius 2 is 1.80 bits per heavy atom. The van der Waals surface area contributed by atoms with E-state index in [0.29, 0.717) is 5.02 Å². The minimum Gasteiger partial charge on any atom is -0.345 e. The van der Waals surface area contributed by atoms with Gasteiger partial charge in [-0.1, -0.05) is 41.9 Å². The molecule has 0 radical (unpaired) electrons. The van der Waals surface area contributed by atoms with Gasteiger partial charge in [0.15, 0.2) is 5.82 Å². The Bertz CT molecular complexity index is 874. The molecule has 0 saturated carbocycles. The zero-order valence-corrected chi connectivity index (χ0v) is 15.1. The van der Waals surface area contributed by atoms with Crippen LogP contribution in [0.25, 0.3) is 22.3 Å². The highest BCUT2D eigenvalue weighted by molar-refractivity contribution is 6.31. The molecule has 3 aromatic rings. The molecule has 4 nitrogen and oxygen atoms in total. The van der Waals surface area contributed by atoms with Crippen molar-refractivity contribution in [2.75, 3.05) is 37.6 Å². The second-order valence-electron chi connectivity index (χ2n) is 6.49. The van der Waals surface area contributed by atoms with Crippen LogP contribution >= 0.6 is 11.6 Å². The van der Waals surface area contributed by atoms with Gasteiger partial charge >= 0.3 is 0 Å². The molecule has 0 aliphatic carbocycles. The quantitative estimate of drug-likeness (QED) is 0.786. The van der Waals surface area contributed by atoms with Gasteiger partial charge < -0.3 is 9.80 Å². The monoisotopic (exact) mass is 353 g/mol. The van der Waals surface area contributed by atoms with Crippen molar-refractivity contribution in [2.45, 2.75) is 6.92 Å². The fraction of sp³-hybridized carbons (Fsp3) is 0.300. The number of nitrogens with zero attached hydrogens (tertiary/aromatic N) is 3. The van der Waals surface area contributed by atoms with Crippen LogP contribution in [0.2, 0.25) is 5.02 Å². The lowest BCUT2D eigenvalue weighted by Gasteiger charge is -2.33. The summed E-state index contributed by atoms with van der Waals surface area (Å²) in [7, 11) is 0. The standard InChI is InChI=1S/C20H21ClN4/c1-2-24-10-12-25(13-11-24)20-17-9-8-16(21)14-18(17)22-19(23-20)15-6-4-3-5-7-15/h3-9,14H,2,10-13H2,1H3/p+1. The predicted octanol–water partition coefficient (Wildman–Crippen LogP) is 2.68. The van der Waals surface area contributed by atoms with Crippen molar-refractivity contribution in [1.29, 1.82) is 0 Å². The summed E-state index contributed by atoms with van der Waals surface area (Å²) in [6, 6.07) is 16.0. The molecule has 4 rings (SSSR count). The number of rotatable bonds is 3. The number of fused-ring (bicyclic) bond motifs is 1. The van der Waals surface area contributed by atoms with Gasteiger partial charge in [-0.25, -0.2) is 9.97 Å². The molecule has 0 spiro atoms. The Kier molecular flexibility index (Phi) is 4.55. The molecular formula is C20H22ClN4+. The highest BCUT2D eigenvalue weighted by Gasteiger charge is 2.22. The number of hydrogen-bond donors (Lipinski definition) is 1. The highest BCUT2D eigenvalue weighted by atomic mass is 35.5. The first-order chi connectivity index (χ1) is 12.2. The molecule has 128 valence electrons. The summed E-state index contributed by atoms with van der Waals surface area (Å²) in [4.78, 5) is 13.7. The van der Waals surface area contributed by atoms with Crippen molar-refractivity contribution in [2.24, 2.45) is 0 Å². The molecule has 1 N–H and O–H groups in total. The van der Waals surface area contributed by atoms with E-state index in [2.05, 4.69) is 24.0 Å². The van der Waals surface area contributed by atoms with Gasteiger partial charge in [0.05, 0.1) is 38.2 Å². The molecule has 0 bridgehead atoms. The molecule has 0 unspecified atom stereocenters. The maximum atomic E-state index is 6.22. The van der Waals surface area contributed by atoms with Crippen LogP contribution in [-0.4, -0.2) is 42.7 Å². The number of nitrogens with one attached hydrogen (secondary N) is 1. The summed E-state index contributed by atoms with van der Waals surface area (Å²) < 4.78 is 0. The Labute approximate surface area is 153 Å². The fourth-order valence-corrected chi connectivity index (χ4v) is 3.60. The van der Waals surface area contributed by atoms with Crippen molar-refractivity contribution in [3.63, 3.8) is 0 Å². The summed E-state index contributed by atoms with van der Waals surface area (Å²) in [5.74, 6) is 1.78. The molecule has 2 aromatic carbocycles. The van der Waals surface area contributed by atoms with Crippen molar-refractivity contribution >= 4 is 28.3 Å². The third kappa shape index (κ3) is 3.32. The first-order valence-electron chi connectivity index (χ1n) is 8.86. The van der Waals surface area contributed by atoms with Gasteiger partial charge in [-0.2, -0.15) is 0 Å². The number of halogens is 1. The van der Waals surface area contributed by atoms with E-state index in [1.165, 1.54) is 6.54 Å². The van der Waals surface area contributed by atoms with Crippen LogP contribution in [0.1, 0.15) is 6.92 Å². The predicted molar refractivity (Wildman–Crippen MR) is 103 cm³/mol. The second kappa shape index (κ2) is 6.98. The van der Waals surface area contributed by atoms with Gasteiger partial charge in [-0.05, 0) is 25.1 Å². The molecule has 0 atom stereocenters. The topological polar surface area (TPSA) is 33.5 Å². The summed E-state index contributed by atoms with van der Waals surface area (Å²) >= 11 is 6.22. The summed E-state index contributed by atoms with van der Waals surface area (Å²) in [6.07, 6.45) is 0. The molecule has 0 amide bonds. The zero-order chi connectivity index (χ0) is 17.2. The van der Waals surface area contributed by atoms with E-state index in [9.17, 15) is 0 Å². The van der Waals surface area contributed by atoms with E-state index in [-0.39, 0.29) is 0 Å². The van der Waals surface area contributed by atoms with Gasteiger partial charge in [-0.15, -0.1) is 0 Å². The molecule has 1 aromatic heterocycles. The van der Waals surface area contributed by atoms with Gasteiger partial charge in [0.1, 0.15) is 5.82 Å². The number of benzene rings is 2. The highest BCUT2D eigenvalue weighted by Crippen LogP contribution is 2.29. The van der Waals surface area contributed by atoms with E-state index >= 15 is 0 Å². The summed E-state index contributed by atoms with van der Waals surface area (Å²) in [5.41, 5.74) is 1.94. The van der Waals surface area contributed by atoms with Gasteiger partial charge in [-0.3, -0.25) is 0 Å². The number of likely N-dealkylation sites (N-methyl/N-ethyl adjacent to an activating group) is 1. The van der Waals surface area contributed by atoms with Crippen LogP contribution in [0.3, 0.4) is 0 Å². The minimum atomic E-state index is 0.705. The normalized spacial score (nSPS) is 15.7. The number of quaternary nitrogens is 1. The van der Waals surface area contributed by atoms with E-state index < -0.39 is 0 Å². The van der Waals surface area contributed by atoms with Crippen LogP contribution in [-0.2, 0) is 0 Å². The van der Waals surface area contributed by atoms with Gasteiger partial charge in [0, 0.05) is 16.0 Å². The van der Waals surface area contributed by atoms with Crippen LogP contribution in [0.15, 0.2) is 48.5 Å². The largest absolute Gasteiger partial charge is 0.345 e. The van der Waals surface area contributed by atoms with E-state index in [1.54, 1.807) is 4.90 Å². The number of aromatic nitrogens is 2. The average molecular weight is 354 g/mol. The first-order valence-corrected chi connectivity index (χ1v) is 9.23. The fourth-order valence-electron chi connectivity index (χ4n) is 3.43. The maximum Gasteiger partial charge on any atom is 0.162 e. The third-order valence-electron chi connectivity index (χ3n) is 4.94. The van der Waals surface area contributed by atoms with E-state index in [1.807, 2.05) is 36.4 Å². The smallest absolute Gasteiger partial charge is 0.162 e. The minimum absolute atomic E-state index is 0.705. The van der Waals surface area contributed by atoms with E-state index in [4.69, 9.17) is 21.6 Å². The second-order valence-corrected chi connectivity index (χ2v) is 6.93. The van der Waals surface area contributed by atoms with Crippen LogP contribution in [0.4, 0.5) is 5.82 Å². The maximum absolute atomic E-state index is 6.22. The van der Waals surface area contributed by atoms with E-state index in [0.717, 1.165) is 54.3 Å². The molecule has 1 aliphatic heterocycles. The Morgan fingerprint density at radius 1 is 1.04 bits per heavy atom. The van der Waals surface area contributed by atoms with Gasteiger partial charge in [0.25, 0.3) is 0 Å². The molecule has 2 heterocycles. The number of piperazine rings is 1. The van der Waals surface area contributed by atoms with Gasteiger partial charge in [0.2, 0.25) is 0 Å². The van der Waals surface area contributed by atoms with Crippen LogP contribution in [0, 0.1) is 0 Å². The molecule has 25 heavy (non-hydrogen) atoms. The number of hydrogen-bond acceptors (Lipinski definition) is 3. The Morgan fingerprint density at radius 3 is 2.52 bits per heavy atom. The lowest BCUT2D eigenvalue weighted by atomic mass is 10.1. The van der Waals surface area contributed by atoms with Crippen LogP contribution in [0.5, 0.6) is 0 Å². The number of anilines is 1. The van der Waals surface area contributed by atoms with Crippen molar-refractivity contribution in [1.82, 2.24) is 9.97 Å². The molecule has 1 fully saturated rings. The average Bonchev–Trinajstić information content (AvgIpc) is 2.67. The molecular weight excluding hydrogens is 332 g/mol. The lowest BCUT2D eigenvalue weighted by Crippen LogP contribution is -3.14. The Balaban J connectivity index is 1.81. The SMILES string of the molecule is CC[NH+]1CCN(c2nc(-c3ccccc3)nc3cc(Cl)ccc23)CC1. The lowest BCUT2D eigenvalue weighted by molar-refractivity contribution is -0.898. The van der Waals surface area contributed by atoms with Crippen molar-refractivity contribution < 1.29 is 4.90 Å². The summed E-state index contributed by atoms with van der Waals surface area (Å²) in [6.45, 7) is 7.77. The van der Waals surface area contributed by atoms with Crippen molar-refractivity contribution in [3.8, 4) is 11.4 Å². The first kappa shape index (κ1) is 16.3. The van der Waals surface area contributed by atoms with Crippen molar-refractivity contribution in [3.05, 3.63) is 53.6 Å². The van der Waals surface area contributed by atoms with Crippen LogP contribution < -0.4 is 9.80 Å².